The second-order valence-electron chi connectivity index (χ2n) is 4.51. The first-order valence-corrected chi connectivity index (χ1v) is 6.29. The standard InChI is InChI=1S/C14H16N4O/c1-16-13-7-3-2-6-12(13)14(18(16)19)15-8-11-17-9-4-5-10-17/h2-7,9-10,15H,8,11H2,1H3. The molecule has 0 bridgehead atoms. The summed E-state index contributed by atoms with van der Waals surface area (Å²) in [4.78, 5) is 0.903. The normalized spacial score (nSPS) is 11.0. The van der Waals surface area contributed by atoms with Crippen molar-refractivity contribution in [1.29, 1.82) is 0 Å². The minimum atomic E-state index is 0.616. The summed E-state index contributed by atoms with van der Waals surface area (Å²) in [6, 6.07) is 11.8. The number of para-hydroxylation sites is 1. The Morgan fingerprint density at radius 3 is 2.68 bits per heavy atom. The fourth-order valence-corrected chi connectivity index (χ4v) is 2.29. The van der Waals surface area contributed by atoms with Gasteiger partial charge in [0.15, 0.2) is 0 Å². The minimum absolute atomic E-state index is 0.616. The Kier molecular flexibility index (Phi) is 2.87. The van der Waals surface area contributed by atoms with Gasteiger partial charge in [-0.05, 0) is 24.3 Å². The molecule has 0 atom stereocenters. The number of aromatic nitrogens is 3. The average Bonchev–Trinajstić information content (AvgIpc) is 3.02. The Labute approximate surface area is 111 Å². The fraction of sp³-hybridized carbons (Fsp3) is 0.214. The van der Waals surface area contributed by atoms with Crippen molar-refractivity contribution in [2.45, 2.75) is 6.54 Å². The zero-order valence-corrected chi connectivity index (χ0v) is 10.8. The molecule has 0 aliphatic rings. The van der Waals surface area contributed by atoms with E-state index in [2.05, 4.69) is 9.88 Å². The Balaban J connectivity index is 1.82. The molecule has 0 aliphatic heterocycles. The zero-order valence-electron chi connectivity index (χ0n) is 10.8. The molecule has 1 aromatic carbocycles. The summed E-state index contributed by atoms with van der Waals surface area (Å²) in [6.07, 6.45) is 4.02. The van der Waals surface area contributed by atoms with Crippen molar-refractivity contribution < 1.29 is 4.85 Å². The molecule has 0 aliphatic carbocycles. The molecule has 0 fully saturated rings. The molecule has 5 nitrogen and oxygen atoms in total. The molecule has 3 aromatic rings. The lowest BCUT2D eigenvalue weighted by molar-refractivity contribution is -0.675. The maximum Gasteiger partial charge on any atom is 0.306 e. The van der Waals surface area contributed by atoms with E-state index >= 15 is 0 Å². The van der Waals surface area contributed by atoms with Crippen molar-refractivity contribution in [3.8, 4) is 0 Å². The van der Waals surface area contributed by atoms with E-state index in [-0.39, 0.29) is 0 Å². The summed E-state index contributed by atoms with van der Waals surface area (Å²) in [5, 5.41) is 16.3. The molecule has 5 heteroatoms. The van der Waals surface area contributed by atoms with Crippen LogP contribution in [0.5, 0.6) is 0 Å². The van der Waals surface area contributed by atoms with Gasteiger partial charge in [0.2, 0.25) is 0 Å². The number of rotatable bonds is 4. The highest BCUT2D eigenvalue weighted by atomic mass is 16.5. The number of nitrogens with zero attached hydrogens (tertiary/aromatic N) is 3. The summed E-state index contributed by atoms with van der Waals surface area (Å²) < 4.78 is 3.68. The van der Waals surface area contributed by atoms with Crippen LogP contribution in [0.25, 0.3) is 10.9 Å². The van der Waals surface area contributed by atoms with Gasteiger partial charge < -0.3 is 9.77 Å². The lowest BCUT2D eigenvalue weighted by Gasteiger charge is -2.07. The summed E-state index contributed by atoms with van der Waals surface area (Å²) in [5.41, 5.74) is 0.931. The summed E-state index contributed by atoms with van der Waals surface area (Å²) >= 11 is 0. The Hall–Kier alpha value is -2.43. The Morgan fingerprint density at radius 1 is 1.16 bits per heavy atom. The van der Waals surface area contributed by atoms with Crippen LogP contribution in [0.3, 0.4) is 0 Å². The molecular formula is C14H16N4O. The Bertz CT molecular complexity index is 685. The maximum atomic E-state index is 12.1. The number of anilines is 1. The molecular weight excluding hydrogens is 240 g/mol. The molecule has 0 saturated heterocycles. The quantitative estimate of drug-likeness (QED) is 0.571. The third-order valence-corrected chi connectivity index (χ3v) is 3.30. The highest BCUT2D eigenvalue weighted by Crippen LogP contribution is 2.19. The average molecular weight is 256 g/mol. The number of aryl methyl sites for hydroxylation is 1. The monoisotopic (exact) mass is 256 g/mol. The highest BCUT2D eigenvalue weighted by molar-refractivity contribution is 5.88. The SMILES string of the molecule is Cn1c2ccccc2c(NCCn2cccc2)[n+]1[O-]. The summed E-state index contributed by atoms with van der Waals surface area (Å²) in [7, 11) is 1.77. The van der Waals surface area contributed by atoms with Crippen LogP contribution in [0.2, 0.25) is 0 Å². The van der Waals surface area contributed by atoms with Gasteiger partial charge in [0.25, 0.3) is 0 Å². The third-order valence-electron chi connectivity index (χ3n) is 3.30. The second-order valence-corrected chi connectivity index (χ2v) is 4.51. The highest BCUT2D eigenvalue weighted by Gasteiger charge is 2.15. The molecule has 0 saturated carbocycles. The van der Waals surface area contributed by atoms with Crippen LogP contribution < -0.4 is 10.2 Å². The number of hydrogen-bond donors (Lipinski definition) is 1. The van der Waals surface area contributed by atoms with Crippen molar-refractivity contribution in [3.05, 3.63) is 54.0 Å². The van der Waals surface area contributed by atoms with Crippen molar-refractivity contribution in [2.75, 3.05) is 11.9 Å². The topological polar surface area (TPSA) is 48.8 Å². The van der Waals surface area contributed by atoms with Crippen molar-refractivity contribution in [3.63, 3.8) is 0 Å². The van der Waals surface area contributed by atoms with Crippen molar-refractivity contribution in [2.24, 2.45) is 7.05 Å². The largest absolute Gasteiger partial charge is 0.692 e. The molecule has 3 rings (SSSR count). The molecule has 0 unspecified atom stereocenters. The molecule has 2 aromatic heterocycles. The molecule has 2 heterocycles. The van der Waals surface area contributed by atoms with E-state index in [0.29, 0.717) is 12.4 Å². The van der Waals surface area contributed by atoms with Crippen LogP contribution >= 0.6 is 0 Å². The van der Waals surface area contributed by atoms with Gasteiger partial charge in [-0.3, -0.25) is 5.32 Å². The maximum absolute atomic E-state index is 12.1. The number of hydrogen-bond acceptors (Lipinski definition) is 2. The summed E-state index contributed by atoms with van der Waals surface area (Å²) in [6.45, 7) is 1.54. The molecule has 0 radical (unpaired) electrons. The van der Waals surface area contributed by atoms with E-state index in [1.54, 1.807) is 11.7 Å². The van der Waals surface area contributed by atoms with Crippen molar-refractivity contribution >= 4 is 16.7 Å². The van der Waals surface area contributed by atoms with E-state index in [4.69, 9.17) is 0 Å². The van der Waals surface area contributed by atoms with E-state index in [1.165, 1.54) is 0 Å². The van der Waals surface area contributed by atoms with Gasteiger partial charge in [-0.15, -0.1) is 0 Å². The van der Waals surface area contributed by atoms with E-state index in [1.807, 2.05) is 48.8 Å². The predicted octanol–water partition coefficient (Wildman–Crippen LogP) is 1.73. The molecule has 19 heavy (non-hydrogen) atoms. The number of nitrogens with one attached hydrogen (secondary N) is 1. The third kappa shape index (κ3) is 2.03. The smallest absolute Gasteiger partial charge is 0.306 e. The van der Waals surface area contributed by atoms with E-state index in [0.717, 1.165) is 22.3 Å². The molecule has 98 valence electrons. The first-order chi connectivity index (χ1) is 9.27. The van der Waals surface area contributed by atoms with Gasteiger partial charge in [-0.2, -0.15) is 4.85 Å². The first-order valence-electron chi connectivity index (χ1n) is 6.29. The minimum Gasteiger partial charge on any atom is -0.692 e. The van der Waals surface area contributed by atoms with Gasteiger partial charge in [0.1, 0.15) is 6.54 Å². The van der Waals surface area contributed by atoms with Crippen LogP contribution in [0, 0.1) is 5.21 Å². The van der Waals surface area contributed by atoms with Gasteiger partial charge in [-0.25, -0.2) is 4.68 Å². The second kappa shape index (κ2) is 4.68. The van der Waals surface area contributed by atoms with Crippen LogP contribution in [-0.4, -0.2) is 15.8 Å². The van der Waals surface area contributed by atoms with Gasteiger partial charge >= 0.3 is 5.82 Å². The lowest BCUT2D eigenvalue weighted by Crippen LogP contribution is -2.38. The number of fused-ring (bicyclic) bond motifs is 1. The van der Waals surface area contributed by atoms with Crippen LogP contribution in [0.15, 0.2) is 48.8 Å². The van der Waals surface area contributed by atoms with Gasteiger partial charge in [-0.1, -0.05) is 12.1 Å². The van der Waals surface area contributed by atoms with Gasteiger partial charge in [0, 0.05) is 19.4 Å². The Morgan fingerprint density at radius 2 is 1.89 bits per heavy atom. The fourth-order valence-electron chi connectivity index (χ4n) is 2.29. The first kappa shape index (κ1) is 11.6. The van der Waals surface area contributed by atoms with E-state index in [9.17, 15) is 5.21 Å². The molecule has 0 amide bonds. The lowest BCUT2D eigenvalue weighted by atomic mass is 10.2. The number of benzene rings is 1. The molecule has 0 spiro atoms. The zero-order chi connectivity index (χ0) is 13.2. The van der Waals surface area contributed by atoms with Crippen molar-refractivity contribution in [1.82, 2.24) is 9.25 Å². The summed E-state index contributed by atoms with van der Waals surface area (Å²) in [5.74, 6) is 0.616. The van der Waals surface area contributed by atoms with Crippen LogP contribution in [0.1, 0.15) is 0 Å². The van der Waals surface area contributed by atoms with Crippen LogP contribution in [0.4, 0.5) is 5.82 Å². The predicted molar refractivity (Wildman–Crippen MR) is 74.8 cm³/mol. The molecule has 1 N–H and O–H groups in total. The van der Waals surface area contributed by atoms with Gasteiger partial charge in [0.05, 0.1) is 17.4 Å². The van der Waals surface area contributed by atoms with Crippen LogP contribution in [-0.2, 0) is 13.6 Å². The van der Waals surface area contributed by atoms with E-state index < -0.39 is 0 Å².